The standard InChI is InChI=1S/C14H16ClN3OS/c1-2-8-3-4-20-12(8)7-18-13-10(14(17)19)5-9(16)6-11(13)15/h3-6,18H,2,7,16H2,1H3,(H2,17,19). The van der Waals surface area contributed by atoms with Crippen LogP contribution in [0.1, 0.15) is 27.7 Å². The molecule has 0 saturated heterocycles. The molecule has 0 aliphatic heterocycles. The molecule has 0 spiro atoms. The number of halogens is 1. The summed E-state index contributed by atoms with van der Waals surface area (Å²) in [4.78, 5) is 12.7. The number of hydrogen-bond acceptors (Lipinski definition) is 4. The first-order valence-electron chi connectivity index (χ1n) is 6.20. The smallest absolute Gasteiger partial charge is 0.250 e. The average molecular weight is 310 g/mol. The largest absolute Gasteiger partial charge is 0.399 e. The molecular formula is C14H16ClN3OS. The molecule has 20 heavy (non-hydrogen) atoms. The van der Waals surface area contributed by atoms with Crippen molar-refractivity contribution in [1.82, 2.24) is 0 Å². The first-order valence-corrected chi connectivity index (χ1v) is 7.46. The van der Waals surface area contributed by atoms with Crippen molar-refractivity contribution in [3.8, 4) is 0 Å². The van der Waals surface area contributed by atoms with Crippen LogP contribution in [0, 0.1) is 0 Å². The van der Waals surface area contributed by atoms with E-state index in [1.807, 2.05) is 0 Å². The van der Waals surface area contributed by atoms with Gasteiger partial charge in [0.2, 0.25) is 0 Å². The van der Waals surface area contributed by atoms with Crippen LogP contribution in [-0.2, 0) is 13.0 Å². The van der Waals surface area contributed by atoms with Gasteiger partial charge in [-0.15, -0.1) is 11.3 Å². The summed E-state index contributed by atoms with van der Waals surface area (Å²) in [5, 5.41) is 5.64. The van der Waals surface area contributed by atoms with Crippen molar-refractivity contribution < 1.29 is 4.79 Å². The fourth-order valence-corrected chi connectivity index (χ4v) is 3.22. The van der Waals surface area contributed by atoms with E-state index in [1.54, 1.807) is 17.4 Å². The molecule has 1 aromatic heterocycles. The Kier molecular flexibility index (Phi) is 4.52. The predicted molar refractivity (Wildman–Crippen MR) is 85.4 cm³/mol. The first kappa shape index (κ1) is 14.7. The lowest BCUT2D eigenvalue weighted by Crippen LogP contribution is -2.15. The molecular weight excluding hydrogens is 294 g/mol. The number of nitrogen functional groups attached to an aromatic ring is 1. The summed E-state index contributed by atoms with van der Waals surface area (Å²) in [6.07, 6.45) is 0.971. The number of carbonyl (C=O) groups is 1. The molecule has 1 heterocycles. The Bertz CT molecular complexity index is 639. The van der Waals surface area contributed by atoms with Gasteiger partial charge in [-0.2, -0.15) is 0 Å². The van der Waals surface area contributed by atoms with E-state index in [-0.39, 0.29) is 0 Å². The zero-order chi connectivity index (χ0) is 14.7. The third-order valence-electron chi connectivity index (χ3n) is 3.02. The average Bonchev–Trinajstić information content (AvgIpc) is 2.84. The van der Waals surface area contributed by atoms with E-state index in [9.17, 15) is 4.79 Å². The van der Waals surface area contributed by atoms with E-state index in [4.69, 9.17) is 23.1 Å². The summed E-state index contributed by atoms with van der Waals surface area (Å²) >= 11 is 7.82. The zero-order valence-corrected chi connectivity index (χ0v) is 12.6. The van der Waals surface area contributed by atoms with Crippen LogP contribution in [0.25, 0.3) is 0 Å². The molecule has 0 unspecified atom stereocenters. The molecule has 106 valence electrons. The highest BCUT2D eigenvalue weighted by molar-refractivity contribution is 7.10. The van der Waals surface area contributed by atoms with E-state index < -0.39 is 5.91 Å². The van der Waals surface area contributed by atoms with Crippen molar-refractivity contribution in [3.05, 3.63) is 44.6 Å². The number of amides is 1. The minimum absolute atomic E-state index is 0.310. The lowest BCUT2D eigenvalue weighted by Gasteiger charge is -2.13. The summed E-state index contributed by atoms with van der Waals surface area (Å²) in [5.41, 5.74) is 13.6. The van der Waals surface area contributed by atoms with Gasteiger partial charge in [-0.05, 0) is 35.6 Å². The quantitative estimate of drug-likeness (QED) is 0.741. The van der Waals surface area contributed by atoms with E-state index in [0.717, 1.165) is 6.42 Å². The number of hydrogen-bond donors (Lipinski definition) is 3. The van der Waals surface area contributed by atoms with Gasteiger partial charge < -0.3 is 16.8 Å². The van der Waals surface area contributed by atoms with Crippen LogP contribution < -0.4 is 16.8 Å². The summed E-state index contributed by atoms with van der Waals surface area (Å²) in [7, 11) is 0. The van der Waals surface area contributed by atoms with Crippen LogP contribution in [-0.4, -0.2) is 5.91 Å². The normalized spacial score (nSPS) is 10.5. The third-order valence-corrected chi connectivity index (χ3v) is 4.28. The topological polar surface area (TPSA) is 81.1 Å². The minimum Gasteiger partial charge on any atom is -0.399 e. The van der Waals surface area contributed by atoms with E-state index in [1.165, 1.54) is 16.5 Å². The molecule has 0 radical (unpaired) electrons. The lowest BCUT2D eigenvalue weighted by molar-refractivity contribution is 0.100. The summed E-state index contributed by atoms with van der Waals surface area (Å²) in [6, 6.07) is 5.23. The number of anilines is 2. The molecule has 0 aliphatic rings. The molecule has 5 N–H and O–H groups in total. The molecule has 2 rings (SSSR count). The van der Waals surface area contributed by atoms with Crippen molar-refractivity contribution in [2.75, 3.05) is 11.1 Å². The number of nitrogens with one attached hydrogen (secondary N) is 1. The molecule has 6 heteroatoms. The van der Waals surface area contributed by atoms with Gasteiger partial charge in [0.25, 0.3) is 5.91 Å². The maximum Gasteiger partial charge on any atom is 0.250 e. The summed E-state index contributed by atoms with van der Waals surface area (Å²) in [5.74, 6) is -0.552. The number of nitrogens with two attached hydrogens (primary N) is 2. The fraction of sp³-hybridized carbons (Fsp3) is 0.214. The zero-order valence-electron chi connectivity index (χ0n) is 11.1. The number of primary amides is 1. The van der Waals surface area contributed by atoms with Crippen molar-refractivity contribution in [2.24, 2.45) is 5.73 Å². The van der Waals surface area contributed by atoms with E-state index in [0.29, 0.717) is 28.5 Å². The maximum absolute atomic E-state index is 11.5. The predicted octanol–water partition coefficient (Wildman–Crippen LogP) is 3.26. The molecule has 2 aromatic rings. The minimum atomic E-state index is -0.552. The van der Waals surface area contributed by atoms with E-state index >= 15 is 0 Å². The Morgan fingerprint density at radius 1 is 1.45 bits per heavy atom. The highest BCUT2D eigenvalue weighted by Gasteiger charge is 2.14. The van der Waals surface area contributed by atoms with Gasteiger partial charge in [-0.25, -0.2) is 0 Å². The molecule has 1 amide bonds. The van der Waals surface area contributed by atoms with Gasteiger partial charge in [-0.3, -0.25) is 4.79 Å². The van der Waals surface area contributed by atoms with Crippen LogP contribution in [0.3, 0.4) is 0 Å². The van der Waals surface area contributed by atoms with Crippen molar-refractivity contribution in [3.63, 3.8) is 0 Å². The first-order chi connectivity index (χ1) is 9.52. The molecule has 0 bridgehead atoms. The Balaban J connectivity index is 2.27. The number of benzene rings is 1. The maximum atomic E-state index is 11.5. The van der Waals surface area contributed by atoms with Crippen molar-refractivity contribution >= 4 is 40.2 Å². The highest BCUT2D eigenvalue weighted by atomic mass is 35.5. The number of aryl methyl sites for hydroxylation is 1. The van der Waals surface area contributed by atoms with Gasteiger partial charge in [0.1, 0.15) is 0 Å². The number of rotatable bonds is 5. The molecule has 0 aliphatic carbocycles. The molecule has 0 fully saturated rings. The van der Waals surface area contributed by atoms with Gasteiger partial charge >= 0.3 is 0 Å². The third kappa shape index (κ3) is 3.05. The Morgan fingerprint density at radius 3 is 2.85 bits per heavy atom. The number of thiophene rings is 1. The van der Waals surface area contributed by atoms with Gasteiger partial charge in [0.05, 0.1) is 16.3 Å². The Hall–Kier alpha value is -1.72. The molecule has 1 aromatic carbocycles. The van der Waals surface area contributed by atoms with Gasteiger partial charge in [-0.1, -0.05) is 18.5 Å². The van der Waals surface area contributed by atoms with Gasteiger partial charge in [0.15, 0.2) is 0 Å². The SMILES string of the molecule is CCc1ccsc1CNc1c(Cl)cc(N)cc1C(N)=O. The van der Waals surface area contributed by atoms with Crippen LogP contribution in [0.4, 0.5) is 11.4 Å². The van der Waals surface area contributed by atoms with Crippen LogP contribution in [0.2, 0.25) is 5.02 Å². The Labute approximate surface area is 126 Å². The molecule has 4 nitrogen and oxygen atoms in total. The van der Waals surface area contributed by atoms with Crippen LogP contribution >= 0.6 is 22.9 Å². The fourth-order valence-electron chi connectivity index (χ4n) is 2.01. The van der Waals surface area contributed by atoms with E-state index in [2.05, 4.69) is 23.7 Å². The highest BCUT2D eigenvalue weighted by Crippen LogP contribution is 2.30. The number of carbonyl (C=O) groups excluding carboxylic acids is 1. The molecule has 0 saturated carbocycles. The van der Waals surface area contributed by atoms with Crippen molar-refractivity contribution in [1.29, 1.82) is 0 Å². The van der Waals surface area contributed by atoms with Crippen LogP contribution in [0.5, 0.6) is 0 Å². The summed E-state index contributed by atoms with van der Waals surface area (Å²) in [6.45, 7) is 2.71. The summed E-state index contributed by atoms with van der Waals surface area (Å²) < 4.78 is 0. The van der Waals surface area contributed by atoms with Gasteiger partial charge in [0, 0.05) is 17.1 Å². The second-order valence-corrected chi connectivity index (χ2v) is 5.77. The van der Waals surface area contributed by atoms with Crippen molar-refractivity contribution in [2.45, 2.75) is 19.9 Å². The second-order valence-electron chi connectivity index (χ2n) is 4.37. The second kappa shape index (κ2) is 6.15. The lowest BCUT2D eigenvalue weighted by atomic mass is 10.1. The monoisotopic (exact) mass is 309 g/mol. The Morgan fingerprint density at radius 2 is 2.20 bits per heavy atom. The van der Waals surface area contributed by atoms with Crippen LogP contribution in [0.15, 0.2) is 23.6 Å². The molecule has 0 atom stereocenters.